The zero-order valence-corrected chi connectivity index (χ0v) is 26.7. The smallest absolute Gasteiger partial charge is 0.427 e. The molecule has 45 heavy (non-hydrogen) atoms. The SMILES string of the molecule is CN(CCCOCc1ccccc1)c1ncc(C2CCN(OC(=O)OC(C)(C)C)CC2OCc2ccc3ccccc3c2)cn1. The highest BCUT2D eigenvalue weighted by atomic mass is 16.8. The van der Waals surface area contributed by atoms with Crippen molar-refractivity contribution in [1.29, 1.82) is 0 Å². The molecule has 1 aliphatic heterocycles. The van der Waals surface area contributed by atoms with E-state index in [1.165, 1.54) is 16.3 Å². The van der Waals surface area contributed by atoms with E-state index in [1.807, 2.05) is 75.4 Å². The van der Waals surface area contributed by atoms with E-state index in [-0.39, 0.29) is 12.0 Å². The van der Waals surface area contributed by atoms with E-state index in [9.17, 15) is 4.79 Å². The molecule has 1 aliphatic rings. The van der Waals surface area contributed by atoms with Gasteiger partial charge in [-0.15, -0.1) is 5.06 Å². The highest BCUT2D eigenvalue weighted by molar-refractivity contribution is 5.82. The van der Waals surface area contributed by atoms with Gasteiger partial charge in [0.15, 0.2) is 0 Å². The van der Waals surface area contributed by atoms with Gasteiger partial charge in [0.05, 0.1) is 25.9 Å². The summed E-state index contributed by atoms with van der Waals surface area (Å²) in [6, 6.07) is 24.8. The predicted molar refractivity (Wildman–Crippen MR) is 175 cm³/mol. The first kappa shape index (κ1) is 32.3. The summed E-state index contributed by atoms with van der Waals surface area (Å²) in [4.78, 5) is 29.4. The lowest BCUT2D eigenvalue weighted by Gasteiger charge is -2.37. The third-order valence-corrected chi connectivity index (χ3v) is 7.71. The van der Waals surface area contributed by atoms with Crippen molar-refractivity contribution in [3.8, 4) is 0 Å². The van der Waals surface area contributed by atoms with Crippen LogP contribution in [0.1, 0.15) is 56.2 Å². The Labute approximate surface area is 266 Å². The summed E-state index contributed by atoms with van der Waals surface area (Å²) >= 11 is 0. The van der Waals surface area contributed by atoms with Gasteiger partial charge in [-0.05, 0) is 67.1 Å². The van der Waals surface area contributed by atoms with Crippen molar-refractivity contribution in [2.75, 3.05) is 38.2 Å². The van der Waals surface area contributed by atoms with E-state index in [0.717, 1.165) is 24.1 Å². The number of benzene rings is 3. The largest absolute Gasteiger partial charge is 0.528 e. The highest BCUT2D eigenvalue weighted by Crippen LogP contribution is 2.31. The fraction of sp³-hybridized carbons (Fsp3) is 0.417. The van der Waals surface area contributed by atoms with E-state index in [1.54, 1.807) is 5.06 Å². The average molecular weight is 613 g/mol. The molecule has 0 saturated carbocycles. The van der Waals surface area contributed by atoms with Gasteiger partial charge in [-0.1, -0.05) is 66.7 Å². The van der Waals surface area contributed by atoms with Crippen LogP contribution < -0.4 is 4.90 Å². The van der Waals surface area contributed by atoms with Crippen LogP contribution in [0.2, 0.25) is 0 Å². The zero-order chi connectivity index (χ0) is 31.6. The molecule has 1 fully saturated rings. The van der Waals surface area contributed by atoms with Crippen LogP contribution in [0, 0.1) is 0 Å². The van der Waals surface area contributed by atoms with Gasteiger partial charge in [0.2, 0.25) is 5.95 Å². The Balaban J connectivity index is 1.20. The molecule has 238 valence electrons. The van der Waals surface area contributed by atoms with Crippen LogP contribution in [-0.2, 0) is 32.3 Å². The molecular formula is C36H44N4O5. The molecule has 0 amide bonds. The predicted octanol–water partition coefficient (Wildman–Crippen LogP) is 6.91. The minimum Gasteiger partial charge on any atom is -0.427 e. The Bertz CT molecular complexity index is 1510. The minimum atomic E-state index is -0.713. The van der Waals surface area contributed by atoms with E-state index in [0.29, 0.717) is 45.3 Å². The summed E-state index contributed by atoms with van der Waals surface area (Å²) in [6.07, 6.45) is 4.41. The van der Waals surface area contributed by atoms with Gasteiger partial charge >= 0.3 is 6.16 Å². The van der Waals surface area contributed by atoms with Gasteiger partial charge in [-0.3, -0.25) is 0 Å². The number of piperidine rings is 1. The zero-order valence-electron chi connectivity index (χ0n) is 26.7. The van der Waals surface area contributed by atoms with Crippen LogP contribution >= 0.6 is 0 Å². The maximum Gasteiger partial charge on any atom is 0.528 e. The Morgan fingerprint density at radius 1 is 0.933 bits per heavy atom. The molecule has 0 bridgehead atoms. The number of rotatable bonds is 12. The van der Waals surface area contributed by atoms with Crippen molar-refractivity contribution in [3.63, 3.8) is 0 Å². The van der Waals surface area contributed by atoms with Crippen molar-refractivity contribution in [2.24, 2.45) is 0 Å². The Morgan fingerprint density at radius 2 is 1.67 bits per heavy atom. The molecule has 3 aromatic carbocycles. The number of nitrogens with zero attached hydrogens (tertiary/aromatic N) is 4. The van der Waals surface area contributed by atoms with E-state index < -0.39 is 11.8 Å². The van der Waals surface area contributed by atoms with Crippen molar-refractivity contribution in [1.82, 2.24) is 15.0 Å². The highest BCUT2D eigenvalue weighted by Gasteiger charge is 2.34. The first-order valence-corrected chi connectivity index (χ1v) is 15.6. The first-order valence-electron chi connectivity index (χ1n) is 15.6. The summed E-state index contributed by atoms with van der Waals surface area (Å²) in [5.41, 5.74) is 2.62. The van der Waals surface area contributed by atoms with Crippen molar-refractivity contribution < 1.29 is 23.8 Å². The van der Waals surface area contributed by atoms with Crippen LogP contribution in [0.4, 0.5) is 10.7 Å². The Kier molecular flexibility index (Phi) is 11.0. The number of hydroxylamine groups is 2. The molecule has 9 heteroatoms. The van der Waals surface area contributed by atoms with Gasteiger partial charge in [-0.25, -0.2) is 14.8 Å². The molecule has 5 rings (SSSR count). The third kappa shape index (κ3) is 9.72. The maximum atomic E-state index is 12.4. The molecular weight excluding hydrogens is 568 g/mol. The molecule has 4 aromatic rings. The number of fused-ring (bicyclic) bond motifs is 1. The first-order chi connectivity index (χ1) is 21.7. The molecule has 0 N–H and O–H groups in total. The lowest BCUT2D eigenvalue weighted by atomic mass is 9.89. The molecule has 1 aromatic heterocycles. The van der Waals surface area contributed by atoms with E-state index in [4.69, 9.17) is 29.0 Å². The van der Waals surface area contributed by atoms with Gasteiger partial charge in [0.25, 0.3) is 0 Å². The fourth-order valence-electron chi connectivity index (χ4n) is 5.42. The summed E-state index contributed by atoms with van der Waals surface area (Å²) < 4.78 is 17.7. The summed E-state index contributed by atoms with van der Waals surface area (Å²) in [5.74, 6) is 0.704. The number of anilines is 1. The number of carbonyl (C=O) groups excluding carboxylic acids is 1. The molecule has 0 spiro atoms. The standard InChI is InChI=1S/C36H44N4O5/c1-36(2,3)44-35(41)45-40-19-17-32(33(24-40)43-26-28-15-16-29-13-8-9-14-30(29)21-28)31-22-37-34(38-23-31)39(4)18-10-20-42-25-27-11-6-5-7-12-27/h5-9,11-16,21-23,32-33H,10,17-20,24-26H2,1-4H3. The third-order valence-electron chi connectivity index (χ3n) is 7.71. The lowest BCUT2D eigenvalue weighted by Crippen LogP contribution is -2.45. The number of hydrogen-bond acceptors (Lipinski definition) is 9. The van der Waals surface area contributed by atoms with Gasteiger partial charge in [-0.2, -0.15) is 0 Å². The Morgan fingerprint density at radius 3 is 2.42 bits per heavy atom. The topological polar surface area (TPSA) is 86.2 Å². The molecule has 2 unspecified atom stereocenters. The molecule has 2 heterocycles. The van der Waals surface area contributed by atoms with E-state index >= 15 is 0 Å². The second kappa shape index (κ2) is 15.3. The number of ether oxygens (including phenoxy) is 3. The van der Waals surface area contributed by atoms with Crippen LogP contribution in [-0.4, -0.2) is 66.2 Å². The van der Waals surface area contributed by atoms with Gasteiger partial charge < -0.3 is 23.9 Å². The maximum absolute atomic E-state index is 12.4. The quantitative estimate of drug-likeness (QED) is 0.125. The van der Waals surface area contributed by atoms with Crippen molar-refractivity contribution >= 4 is 22.9 Å². The summed E-state index contributed by atoms with van der Waals surface area (Å²) in [7, 11) is 1.99. The lowest BCUT2D eigenvalue weighted by molar-refractivity contribution is -0.179. The summed E-state index contributed by atoms with van der Waals surface area (Å²) in [5, 5.41) is 4.00. The number of hydrogen-bond donors (Lipinski definition) is 0. The molecule has 2 atom stereocenters. The molecule has 9 nitrogen and oxygen atoms in total. The Hall–Kier alpha value is -4.05. The molecule has 0 radical (unpaired) electrons. The summed E-state index contributed by atoms with van der Waals surface area (Å²) in [6.45, 7) is 8.89. The van der Waals surface area contributed by atoms with Crippen LogP contribution in [0.25, 0.3) is 10.8 Å². The van der Waals surface area contributed by atoms with Gasteiger partial charge in [0, 0.05) is 45.1 Å². The monoisotopic (exact) mass is 612 g/mol. The van der Waals surface area contributed by atoms with Crippen LogP contribution in [0.5, 0.6) is 0 Å². The normalized spacial score (nSPS) is 17.2. The molecule has 1 saturated heterocycles. The van der Waals surface area contributed by atoms with E-state index in [2.05, 4.69) is 42.5 Å². The minimum absolute atomic E-state index is 0.0367. The van der Waals surface area contributed by atoms with Crippen LogP contribution in [0.3, 0.4) is 0 Å². The van der Waals surface area contributed by atoms with Crippen molar-refractivity contribution in [2.45, 2.75) is 64.4 Å². The average Bonchev–Trinajstić information content (AvgIpc) is 3.03. The van der Waals surface area contributed by atoms with Crippen molar-refractivity contribution in [3.05, 3.63) is 102 Å². The number of aromatic nitrogens is 2. The fourth-order valence-corrected chi connectivity index (χ4v) is 5.42. The van der Waals surface area contributed by atoms with Crippen LogP contribution in [0.15, 0.2) is 85.2 Å². The molecule has 0 aliphatic carbocycles. The van der Waals surface area contributed by atoms with Gasteiger partial charge in [0.1, 0.15) is 5.60 Å². The second-order valence-electron chi connectivity index (χ2n) is 12.5. The number of carbonyl (C=O) groups is 1. The second-order valence-corrected chi connectivity index (χ2v) is 12.5.